The second kappa shape index (κ2) is 5.43. The Morgan fingerprint density at radius 2 is 2.05 bits per heavy atom. The van der Waals surface area contributed by atoms with E-state index in [1.165, 1.54) is 17.3 Å². The van der Waals surface area contributed by atoms with Crippen LogP contribution in [-0.4, -0.2) is 13.1 Å². The van der Waals surface area contributed by atoms with Crippen molar-refractivity contribution in [3.63, 3.8) is 0 Å². The third-order valence-corrected chi connectivity index (χ3v) is 4.16. The molecule has 1 unspecified atom stereocenters. The zero-order valence-electron chi connectivity index (χ0n) is 11.0. The van der Waals surface area contributed by atoms with Gasteiger partial charge in [-0.3, -0.25) is 0 Å². The summed E-state index contributed by atoms with van der Waals surface area (Å²) in [4.78, 5) is 2.25. The van der Waals surface area contributed by atoms with Gasteiger partial charge in [-0.05, 0) is 35.7 Å². The summed E-state index contributed by atoms with van der Waals surface area (Å²) in [5, 5.41) is 0.145. The molecule has 0 radical (unpaired) electrons. The molecule has 1 aliphatic heterocycles. The summed E-state index contributed by atoms with van der Waals surface area (Å²) < 4.78 is 13.7. The van der Waals surface area contributed by atoms with Crippen LogP contribution in [0.25, 0.3) is 0 Å². The summed E-state index contributed by atoms with van der Waals surface area (Å²) in [6.45, 7) is 1.35. The van der Waals surface area contributed by atoms with Gasteiger partial charge in [0.05, 0.1) is 11.1 Å². The summed E-state index contributed by atoms with van der Waals surface area (Å²) in [6, 6.07) is 13.2. The molecular formula is C16H16ClFN2. The van der Waals surface area contributed by atoms with Gasteiger partial charge in [0.15, 0.2) is 0 Å². The average molecular weight is 291 g/mol. The second-order valence-electron chi connectivity index (χ2n) is 5.00. The van der Waals surface area contributed by atoms with E-state index < -0.39 is 5.82 Å². The number of halogens is 2. The van der Waals surface area contributed by atoms with Crippen molar-refractivity contribution in [2.24, 2.45) is 5.73 Å². The molecule has 0 saturated heterocycles. The van der Waals surface area contributed by atoms with Crippen LogP contribution in [0, 0.1) is 5.82 Å². The Labute approximate surface area is 123 Å². The molecule has 0 aromatic heterocycles. The average Bonchev–Trinajstić information content (AvgIpc) is 2.88. The lowest BCUT2D eigenvalue weighted by Gasteiger charge is -2.30. The number of anilines is 1. The number of rotatable bonds is 3. The first-order chi connectivity index (χ1) is 9.70. The highest BCUT2D eigenvalue weighted by atomic mass is 35.5. The minimum absolute atomic E-state index is 0.0228. The Hall–Kier alpha value is -1.58. The first-order valence-electron chi connectivity index (χ1n) is 6.70. The van der Waals surface area contributed by atoms with Crippen LogP contribution in [0.1, 0.15) is 17.2 Å². The highest BCUT2D eigenvalue weighted by Gasteiger charge is 2.26. The standard InChI is InChI=1S/C16H16ClFN2/c17-13-6-5-12(9-14(13)18)16(10-19)20-8-7-11-3-1-2-4-15(11)20/h1-6,9,16H,7-8,10,19H2. The van der Waals surface area contributed by atoms with Gasteiger partial charge in [0.25, 0.3) is 0 Å². The summed E-state index contributed by atoms with van der Waals surface area (Å²) in [7, 11) is 0. The summed E-state index contributed by atoms with van der Waals surface area (Å²) >= 11 is 5.75. The topological polar surface area (TPSA) is 29.3 Å². The maximum absolute atomic E-state index is 13.7. The maximum Gasteiger partial charge on any atom is 0.142 e. The molecule has 2 aromatic rings. The van der Waals surface area contributed by atoms with Gasteiger partial charge in [-0.2, -0.15) is 0 Å². The molecule has 0 saturated carbocycles. The lowest BCUT2D eigenvalue weighted by Crippen LogP contribution is -2.32. The number of nitrogens with two attached hydrogens (primary N) is 1. The van der Waals surface area contributed by atoms with E-state index in [2.05, 4.69) is 17.0 Å². The predicted molar refractivity (Wildman–Crippen MR) is 80.7 cm³/mol. The first-order valence-corrected chi connectivity index (χ1v) is 7.08. The van der Waals surface area contributed by atoms with E-state index in [1.807, 2.05) is 18.2 Å². The van der Waals surface area contributed by atoms with Gasteiger partial charge in [0.1, 0.15) is 5.82 Å². The Morgan fingerprint density at radius 3 is 2.80 bits per heavy atom. The van der Waals surface area contributed by atoms with Crippen LogP contribution < -0.4 is 10.6 Å². The molecule has 2 nitrogen and oxygen atoms in total. The number of hydrogen-bond donors (Lipinski definition) is 1. The third kappa shape index (κ3) is 2.28. The Kier molecular flexibility index (Phi) is 3.64. The number of benzene rings is 2. The fourth-order valence-corrected chi connectivity index (χ4v) is 2.97. The van der Waals surface area contributed by atoms with E-state index in [-0.39, 0.29) is 11.1 Å². The van der Waals surface area contributed by atoms with Crippen LogP contribution in [0.3, 0.4) is 0 Å². The molecule has 1 atom stereocenters. The molecule has 0 fully saturated rings. The summed E-state index contributed by atoms with van der Waals surface area (Å²) in [5.41, 5.74) is 9.31. The van der Waals surface area contributed by atoms with Crippen LogP contribution in [0.5, 0.6) is 0 Å². The van der Waals surface area contributed by atoms with Crippen molar-refractivity contribution in [1.29, 1.82) is 0 Å². The molecule has 0 amide bonds. The van der Waals surface area contributed by atoms with Crippen LogP contribution in [0.2, 0.25) is 5.02 Å². The third-order valence-electron chi connectivity index (χ3n) is 3.85. The number of fused-ring (bicyclic) bond motifs is 1. The van der Waals surface area contributed by atoms with E-state index in [0.29, 0.717) is 6.54 Å². The van der Waals surface area contributed by atoms with Crippen molar-refractivity contribution < 1.29 is 4.39 Å². The molecule has 0 aliphatic carbocycles. The highest BCUT2D eigenvalue weighted by Crippen LogP contribution is 2.35. The second-order valence-corrected chi connectivity index (χ2v) is 5.40. The molecule has 104 valence electrons. The van der Waals surface area contributed by atoms with Gasteiger partial charge in [-0.1, -0.05) is 35.9 Å². The van der Waals surface area contributed by atoms with Crippen molar-refractivity contribution in [1.82, 2.24) is 0 Å². The lowest BCUT2D eigenvalue weighted by molar-refractivity contribution is 0.609. The smallest absolute Gasteiger partial charge is 0.142 e. The molecule has 2 N–H and O–H groups in total. The van der Waals surface area contributed by atoms with Gasteiger partial charge in [-0.25, -0.2) is 4.39 Å². The van der Waals surface area contributed by atoms with Crippen molar-refractivity contribution in [3.8, 4) is 0 Å². The van der Waals surface area contributed by atoms with Crippen molar-refractivity contribution in [2.45, 2.75) is 12.5 Å². The van der Waals surface area contributed by atoms with E-state index >= 15 is 0 Å². The first kappa shape index (κ1) is 13.4. The lowest BCUT2D eigenvalue weighted by atomic mass is 10.0. The van der Waals surface area contributed by atoms with Crippen LogP contribution in [0.4, 0.5) is 10.1 Å². The molecule has 1 aliphatic rings. The molecular weight excluding hydrogens is 275 g/mol. The molecule has 0 spiro atoms. The van der Waals surface area contributed by atoms with Crippen LogP contribution >= 0.6 is 11.6 Å². The minimum atomic E-state index is -0.393. The molecule has 0 bridgehead atoms. The van der Waals surface area contributed by atoms with Crippen molar-refractivity contribution in [3.05, 3.63) is 64.4 Å². The molecule has 4 heteroatoms. The van der Waals surface area contributed by atoms with Gasteiger partial charge in [0.2, 0.25) is 0 Å². The molecule has 20 heavy (non-hydrogen) atoms. The normalized spacial score (nSPS) is 15.2. The maximum atomic E-state index is 13.7. The SMILES string of the molecule is NCC(c1ccc(Cl)c(F)c1)N1CCc2ccccc21. The predicted octanol–water partition coefficient (Wildman–Crippen LogP) is 3.54. The van der Waals surface area contributed by atoms with Gasteiger partial charge in [-0.15, -0.1) is 0 Å². The van der Waals surface area contributed by atoms with Gasteiger partial charge >= 0.3 is 0 Å². The molecule has 1 heterocycles. The Bertz CT molecular complexity index is 630. The minimum Gasteiger partial charge on any atom is -0.363 e. The summed E-state index contributed by atoms with van der Waals surface area (Å²) in [6.07, 6.45) is 1.00. The van der Waals surface area contributed by atoms with Gasteiger partial charge < -0.3 is 10.6 Å². The van der Waals surface area contributed by atoms with Crippen molar-refractivity contribution >= 4 is 17.3 Å². The Morgan fingerprint density at radius 1 is 1.25 bits per heavy atom. The summed E-state index contributed by atoms with van der Waals surface area (Å²) in [5.74, 6) is -0.393. The van der Waals surface area contributed by atoms with E-state index in [0.717, 1.165) is 18.5 Å². The largest absolute Gasteiger partial charge is 0.363 e. The highest BCUT2D eigenvalue weighted by molar-refractivity contribution is 6.30. The number of para-hydroxylation sites is 1. The van der Waals surface area contributed by atoms with Crippen LogP contribution in [-0.2, 0) is 6.42 Å². The Balaban J connectivity index is 1.97. The van der Waals surface area contributed by atoms with Gasteiger partial charge in [0, 0.05) is 18.8 Å². The fraction of sp³-hybridized carbons (Fsp3) is 0.250. The monoisotopic (exact) mass is 290 g/mol. The quantitative estimate of drug-likeness (QED) is 0.937. The zero-order valence-corrected chi connectivity index (χ0v) is 11.8. The molecule has 3 rings (SSSR count). The zero-order chi connectivity index (χ0) is 14.1. The fourth-order valence-electron chi connectivity index (χ4n) is 2.85. The van der Waals surface area contributed by atoms with E-state index in [9.17, 15) is 4.39 Å². The number of hydrogen-bond acceptors (Lipinski definition) is 2. The van der Waals surface area contributed by atoms with E-state index in [4.69, 9.17) is 17.3 Å². The van der Waals surface area contributed by atoms with Crippen LogP contribution in [0.15, 0.2) is 42.5 Å². The van der Waals surface area contributed by atoms with Crippen molar-refractivity contribution in [2.75, 3.05) is 18.0 Å². The van der Waals surface area contributed by atoms with E-state index in [1.54, 1.807) is 6.07 Å². The molecule has 2 aromatic carbocycles. The number of nitrogens with zero attached hydrogens (tertiary/aromatic N) is 1.